The van der Waals surface area contributed by atoms with Gasteiger partial charge in [-0.25, -0.2) is 24.0 Å². The van der Waals surface area contributed by atoms with Gasteiger partial charge in [-0.05, 0) is 17.7 Å². The van der Waals surface area contributed by atoms with Crippen LogP contribution < -0.4 is 11.1 Å². The summed E-state index contributed by atoms with van der Waals surface area (Å²) < 4.78 is 4.53. The largest absolute Gasteiger partial charge is 0.278 e. The fourth-order valence-corrected chi connectivity index (χ4v) is 3.08. The second-order valence-electron chi connectivity index (χ2n) is 7.33. The molecule has 3 rings (SSSR count). The van der Waals surface area contributed by atoms with E-state index in [0.29, 0.717) is 28.6 Å². The van der Waals surface area contributed by atoms with Gasteiger partial charge < -0.3 is 0 Å². The molecule has 142 valence electrons. The molecule has 0 saturated heterocycles. The van der Waals surface area contributed by atoms with Crippen molar-refractivity contribution in [2.75, 3.05) is 6.26 Å². The summed E-state index contributed by atoms with van der Waals surface area (Å²) >= 11 is 1.39. The quantitative estimate of drug-likeness (QED) is 0.379. The number of allylic oxidation sites excluding steroid dienone is 1. The molecule has 0 amide bonds. The lowest BCUT2D eigenvalue weighted by Crippen LogP contribution is -2.30. The van der Waals surface area contributed by atoms with Gasteiger partial charge in [0.05, 0.1) is 6.54 Å². The molecular formula is C18H22N6O2S. The van der Waals surface area contributed by atoms with Crippen molar-refractivity contribution in [2.45, 2.75) is 39.0 Å². The van der Waals surface area contributed by atoms with E-state index in [2.05, 4.69) is 21.6 Å². The van der Waals surface area contributed by atoms with E-state index in [1.54, 1.807) is 16.8 Å². The Labute approximate surface area is 160 Å². The maximum Gasteiger partial charge on any atom is 0.278 e. The van der Waals surface area contributed by atoms with E-state index < -0.39 is 0 Å². The van der Waals surface area contributed by atoms with Crippen molar-refractivity contribution < 1.29 is 0 Å². The normalized spacial score (nSPS) is 11.9. The first-order valence-corrected chi connectivity index (χ1v) is 9.69. The molecule has 0 saturated carbocycles. The van der Waals surface area contributed by atoms with Crippen LogP contribution in [0.4, 0.5) is 0 Å². The Morgan fingerprint density at radius 3 is 2.63 bits per heavy atom. The van der Waals surface area contributed by atoms with E-state index in [1.807, 2.05) is 27.0 Å². The first-order chi connectivity index (χ1) is 12.7. The van der Waals surface area contributed by atoms with Crippen LogP contribution in [0.3, 0.4) is 0 Å². The topological polar surface area (TPSA) is 87.6 Å². The smallest absolute Gasteiger partial charge is 0.268 e. The monoisotopic (exact) mass is 386 g/mol. The molecule has 27 heavy (non-hydrogen) atoms. The summed E-state index contributed by atoms with van der Waals surface area (Å²) in [5.41, 5.74) is -0.0897. The van der Waals surface area contributed by atoms with Crippen LogP contribution in [0.15, 0.2) is 45.7 Å². The molecule has 0 N–H and O–H groups in total. The zero-order valence-electron chi connectivity index (χ0n) is 15.8. The molecule has 3 heterocycles. The molecule has 0 fully saturated rings. The van der Waals surface area contributed by atoms with Gasteiger partial charge in [0.1, 0.15) is 5.39 Å². The lowest BCUT2D eigenvalue weighted by atomic mass is 9.97. The Hall–Kier alpha value is -2.68. The van der Waals surface area contributed by atoms with Crippen LogP contribution >= 0.6 is 11.8 Å². The zero-order chi connectivity index (χ0) is 19.8. The molecular weight excluding hydrogens is 364 g/mol. The molecule has 3 aromatic heterocycles. The van der Waals surface area contributed by atoms with E-state index >= 15 is 0 Å². The van der Waals surface area contributed by atoms with Gasteiger partial charge in [0.2, 0.25) is 0 Å². The van der Waals surface area contributed by atoms with E-state index in [1.165, 1.54) is 33.4 Å². The molecule has 8 nitrogen and oxygen atoms in total. The van der Waals surface area contributed by atoms with Gasteiger partial charge in [-0.1, -0.05) is 38.6 Å². The summed E-state index contributed by atoms with van der Waals surface area (Å²) in [7, 11) is 0. The molecule has 0 radical (unpaired) electrons. The van der Waals surface area contributed by atoms with Crippen LogP contribution in [0, 0.1) is 5.41 Å². The SMILES string of the molecule is C=CCn1c(=O)c2cnc(SC)nc2n1-c1ccc(=O)n(CC(C)(C)C)n1. The molecule has 0 aliphatic carbocycles. The van der Waals surface area contributed by atoms with Crippen molar-refractivity contribution in [2.24, 2.45) is 5.41 Å². The average Bonchev–Trinajstić information content (AvgIpc) is 2.88. The van der Waals surface area contributed by atoms with Gasteiger partial charge in [-0.3, -0.25) is 9.59 Å². The minimum atomic E-state index is -0.229. The van der Waals surface area contributed by atoms with Crippen molar-refractivity contribution in [1.82, 2.24) is 29.1 Å². The number of rotatable bonds is 5. The minimum Gasteiger partial charge on any atom is -0.268 e. The molecule has 0 aromatic carbocycles. The second kappa shape index (κ2) is 7.15. The van der Waals surface area contributed by atoms with Gasteiger partial charge in [0.15, 0.2) is 16.6 Å². The Balaban J connectivity index is 2.31. The summed E-state index contributed by atoms with van der Waals surface area (Å²) in [4.78, 5) is 33.7. The van der Waals surface area contributed by atoms with Gasteiger partial charge in [-0.15, -0.1) is 11.7 Å². The number of thioether (sulfide) groups is 1. The highest BCUT2D eigenvalue weighted by Gasteiger charge is 2.19. The van der Waals surface area contributed by atoms with Crippen molar-refractivity contribution in [3.8, 4) is 5.82 Å². The summed E-state index contributed by atoms with van der Waals surface area (Å²) in [6.45, 7) is 10.6. The molecule has 0 bridgehead atoms. The van der Waals surface area contributed by atoms with Gasteiger partial charge in [0, 0.05) is 18.8 Å². The molecule has 0 unspecified atom stereocenters. The Kier molecular flexibility index (Phi) is 5.05. The van der Waals surface area contributed by atoms with Crippen molar-refractivity contribution >= 4 is 22.8 Å². The van der Waals surface area contributed by atoms with Crippen LogP contribution in [0.2, 0.25) is 0 Å². The third-order valence-corrected chi connectivity index (χ3v) is 4.39. The zero-order valence-corrected chi connectivity index (χ0v) is 16.7. The molecule has 9 heteroatoms. The summed E-state index contributed by atoms with van der Waals surface area (Å²) in [6.07, 6.45) is 5.02. The van der Waals surface area contributed by atoms with Crippen molar-refractivity contribution in [1.29, 1.82) is 0 Å². The highest BCUT2D eigenvalue weighted by atomic mass is 32.2. The van der Waals surface area contributed by atoms with Crippen LogP contribution in [-0.2, 0) is 13.1 Å². The van der Waals surface area contributed by atoms with Crippen LogP contribution in [0.1, 0.15) is 20.8 Å². The lowest BCUT2D eigenvalue weighted by Gasteiger charge is -2.19. The van der Waals surface area contributed by atoms with Gasteiger partial charge in [0.25, 0.3) is 11.1 Å². The molecule has 0 aliphatic heterocycles. The van der Waals surface area contributed by atoms with E-state index in [9.17, 15) is 9.59 Å². The molecule has 0 aliphatic rings. The maximum atomic E-state index is 12.8. The number of nitrogens with zero attached hydrogens (tertiary/aromatic N) is 6. The number of hydrogen-bond donors (Lipinski definition) is 0. The maximum absolute atomic E-state index is 12.8. The highest BCUT2D eigenvalue weighted by molar-refractivity contribution is 7.98. The summed E-state index contributed by atoms with van der Waals surface area (Å²) in [6, 6.07) is 3.06. The predicted molar refractivity (Wildman–Crippen MR) is 107 cm³/mol. The molecule has 0 atom stereocenters. The Morgan fingerprint density at radius 2 is 2.00 bits per heavy atom. The van der Waals surface area contributed by atoms with Crippen molar-refractivity contribution in [3.63, 3.8) is 0 Å². The second-order valence-corrected chi connectivity index (χ2v) is 8.10. The number of aromatic nitrogens is 6. The Morgan fingerprint density at radius 1 is 1.26 bits per heavy atom. The Bertz CT molecular complexity index is 1120. The van der Waals surface area contributed by atoms with Crippen molar-refractivity contribution in [3.05, 3.63) is 51.7 Å². The molecule has 3 aromatic rings. The van der Waals surface area contributed by atoms with Crippen LogP contribution in [0.25, 0.3) is 16.9 Å². The first-order valence-electron chi connectivity index (χ1n) is 8.47. The van der Waals surface area contributed by atoms with E-state index in [-0.39, 0.29) is 23.1 Å². The first kappa shape index (κ1) is 19.1. The third kappa shape index (κ3) is 3.73. The fourth-order valence-electron chi connectivity index (χ4n) is 2.74. The van der Waals surface area contributed by atoms with Crippen LogP contribution in [0.5, 0.6) is 0 Å². The van der Waals surface area contributed by atoms with E-state index in [4.69, 9.17) is 0 Å². The summed E-state index contributed by atoms with van der Waals surface area (Å²) in [5, 5.41) is 5.44. The number of hydrogen-bond acceptors (Lipinski definition) is 6. The summed E-state index contributed by atoms with van der Waals surface area (Å²) in [5.74, 6) is 0.443. The molecule has 0 spiro atoms. The van der Waals surface area contributed by atoms with Gasteiger partial charge in [-0.2, -0.15) is 0 Å². The number of fused-ring (bicyclic) bond motifs is 1. The average molecular weight is 386 g/mol. The fraction of sp³-hybridized carbons (Fsp3) is 0.389. The van der Waals surface area contributed by atoms with E-state index in [0.717, 1.165) is 0 Å². The third-order valence-electron chi connectivity index (χ3n) is 3.83. The lowest BCUT2D eigenvalue weighted by molar-refractivity contribution is 0.315. The van der Waals surface area contributed by atoms with Gasteiger partial charge >= 0.3 is 0 Å². The standard InChI is InChI=1S/C18H22N6O2S/c1-6-9-23-16(26)12-10-19-17(27-5)20-15(12)24(23)13-7-8-14(25)22(21-13)11-18(2,3)4/h6-8,10H,1,9,11H2,2-5H3. The predicted octanol–water partition coefficient (Wildman–Crippen LogP) is 2.09. The van der Waals surface area contributed by atoms with Crippen LogP contribution in [-0.4, -0.2) is 35.4 Å². The highest BCUT2D eigenvalue weighted by Crippen LogP contribution is 2.18. The minimum absolute atomic E-state index is 0.122.